The minimum Gasteiger partial charge on any atom is -0.383 e. The van der Waals surface area contributed by atoms with Gasteiger partial charge in [-0.1, -0.05) is 20.8 Å². The van der Waals surface area contributed by atoms with Gasteiger partial charge < -0.3 is 9.47 Å². The Hall–Kier alpha value is -0.170. The second-order valence-electron chi connectivity index (χ2n) is 6.09. The largest absolute Gasteiger partial charge is 0.383 e. The monoisotopic (exact) mass is 279 g/mol. The third-order valence-corrected chi connectivity index (χ3v) is 5.38. The molecule has 18 heavy (non-hydrogen) atoms. The molecule has 1 aliphatic heterocycles. The predicted molar refractivity (Wildman–Crippen MR) is 71.0 cm³/mol. The van der Waals surface area contributed by atoms with Crippen molar-refractivity contribution in [3.63, 3.8) is 0 Å². The fraction of sp³-hybridized carbons (Fsp3) is 1.00. The molecule has 0 unspecified atom stereocenters. The second kappa shape index (κ2) is 5.86. The van der Waals surface area contributed by atoms with E-state index in [9.17, 15) is 8.42 Å². The smallest absolute Gasteiger partial charge is 0.215 e. The Morgan fingerprint density at radius 3 is 2.33 bits per heavy atom. The van der Waals surface area contributed by atoms with Crippen molar-refractivity contribution in [3.8, 4) is 0 Å². The van der Waals surface area contributed by atoms with Crippen LogP contribution in [-0.4, -0.2) is 58.0 Å². The van der Waals surface area contributed by atoms with E-state index in [0.717, 1.165) is 0 Å². The SMILES string of the molecule is COC[C@@H]1C[C@H](OC)CN1S(=O)(=O)CC(C)(C)C. The van der Waals surface area contributed by atoms with Gasteiger partial charge in [-0.15, -0.1) is 0 Å². The van der Waals surface area contributed by atoms with Crippen LogP contribution >= 0.6 is 0 Å². The Kier molecular flexibility index (Phi) is 5.17. The van der Waals surface area contributed by atoms with Crippen molar-refractivity contribution in [3.05, 3.63) is 0 Å². The van der Waals surface area contributed by atoms with Gasteiger partial charge in [0.05, 0.1) is 24.5 Å². The van der Waals surface area contributed by atoms with Crippen molar-refractivity contribution in [1.82, 2.24) is 4.31 Å². The van der Waals surface area contributed by atoms with Crippen molar-refractivity contribution in [2.45, 2.75) is 39.3 Å². The molecule has 0 bridgehead atoms. The number of methoxy groups -OCH3 is 2. The van der Waals surface area contributed by atoms with E-state index in [4.69, 9.17) is 9.47 Å². The summed E-state index contributed by atoms with van der Waals surface area (Å²) in [4.78, 5) is 0. The molecule has 1 rings (SSSR count). The summed E-state index contributed by atoms with van der Waals surface area (Å²) in [5.74, 6) is 0.149. The van der Waals surface area contributed by atoms with Gasteiger partial charge >= 0.3 is 0 Å². The van der Waals surface area contributed by atoms with Crippen molar-refractivity contribution < 1.29 is 17.9 Å². The summed E-state index contributed by atoms with van der Waals surface area (Å²) in [5, 5.41) is 0. The highest BCUT2D eigenvalue weighted by Gasteiger charge is 2.40. The Labute approximate surface area is 110 Å². The summed E-state index contributed by atoms with van der Waals surface area (Å²) >= 11 is 0. The molecule has 1 aliphatic rings. The van der Waals surface area contributed by atoms with Crippen molar-refractivity contribution in [2.75, 3.05) is 33.1 Å². The van der Waals surface area contributed by atoms with Gasteiger partial charge in [0.2, 0.25) is 10.0 Å². The molecule has 0 N–H and O–H groups in total. The summed E-state index contributed by atoms with van der Waals surface area (Å²) in [6.45, 7) is 6.64. The van der Waals surface area contributed by atoms with E-state index in [0.29, 0.717) is 19.6 Å². The molecule has 0 radical (unpaired) electrons. The molecule has 6 heteroatoms. The van der Waals surface area contributed by atoms with E-state index < -0.39 is 10.0 Å². The van der Waals surface area contributed by atoms with E-state index in [-0.39, 0.29) is 23.3 Å². The molecule has 0 aliphatic carbocycles. The topological polar surface area (TPSA) is 55.8 Å². The summed E-state index contributed by atoms with van der Waals surface area (Å²) in [5.41, 5.74) is -0.248. The van der Waals surface area contributed by atoms with Gasteiger partial charge in [-0.2, -0.15) is 4.31 Å². The maximum absolute atomic E-state index is 12.4. The zero-order valence-electron chi connectivity index (χ0n) is 12.0. The molecule has 0 aromatic carbocycles. The van der Waals surface area contributed by atoms with Crippen LogP contribution in [0.4, 0.5) is 0 Å². The molecule has 1 saturated heterocycles. The Morgan fingerprint density at radius 2 is 1.89 bits per heavy atom. The molecule has 2 atom stereocenters. The first-order valence-corrected chi connectivity index (χ1v) is 7.82. The van der Waals surface area contributed by atoms with Crippen LogP contribution in [0, 0.1) is 5.41 Å². The average Bonchev–Trinajstić information content (AvgIpc) is 2.59. The lowest BCUT2D eigenvalue weighted by atomic mass is 10.0. The van der Waals surface area contributed by atoms with Crippen LogP contribution in [0.15, 0.2) is 0 Å². The lowest BCUT2D eigenvalue weighted by Gasteiger charge is -2.27. The highest BCUT2D eigenvalue weighted by Crippen LogP contribution is 2.27. The molecule has 108 valence electrons. The highest BCUT2D eigenvalue weighted by atomic mass is 32.2. The third-order valence-electron chi connectivity index (χ3n) is 2.99. The molecule has 0 spiro atoms. The fourth-order valence-corrected chi connectivity index (χ4v) is 4.59. The molecular formula is C12H25NO4S. The number of rotatable bonds is 5. The average molecular weight is 279 g/mol. The first-order valence-electron chi connectivity index (χ1n) is 6.21. The normalized spacial score (nSPS) is 26.7. The van der Waals surface area contributed by atoms with E-state index in [1.54, 1.807) is 18.5 Å². The van der Waals surface area contributed by atoms with Crippen LogP contribution in [0.3, 0.4) is 0 Å². The fourth-order valence-electron chi connectivity index (χ4n) is 2.33. The van der Waals surface area contributed by atoms with Gasteiger partial charge in [0, 0.05) is 20.8 Å². The minimum atomic E-state index is -3.26. The van der Waals surface area contributed by atoms with Crippen molar-refractivity contribution >= 4 is 10.0 Å². The summed E-state index contributed by atoms with van der Waals surface area (Å²) < 4.78 is 36.8. The van der Waals surface area contributed by atoms with Crippen molar-refractivity contribution in [1.29, 1.82) is 0 Å². The van der Waals surface area contributed by atoms with Crippen molar-refractivity contribution in [2.24, 2.45) is 5.41 Å². The van der Waals surface area contributed by atoms with Gasteiger partial charge in [-0.25, -0.2) is 8.42 Å². The number of hydrogen-bond acceptors (Lipinski definition) is 4. The van der Waals surface area contributed by atoms with Crippen LogP contribution < -0.4 is 0 Å². The minimum absolute atomic E-state index is 0.0279. The molecule has 1 fully saturated rings. The predicted octanol–water partition coefficient (Wildman–Crippen LogP) is 1.10. The quantitative estimate of drug-likeness (QED) is 0.756. The third kappa shape index (κ3) is 4.19. The summed E-state index contributed by atoms with van der Waals surface area (Å²) in [6.07, 6.45) is 0.674. The number of sulfonamides is 1. The van der Waals surface area contributed by atoms with E-state index in [1.165, 1.54) is 0 Å². The molecule has 5 nitrogen and oxygen atoms in total. The van der Waals surface area contributed by atoms with E-state index >= 15 is 0 Å². The maximum atomic E-state index is 12.4. The van der Waals surface area contributed by atoms with Crippen LogP contribution in [0.1, 0.15) is 27.2 Å². The first-order chi connectivity index (χ1) is 8.19. The zero-order valence-corrected chi connectivity index (χ0v) is 12.8. The molecule has 0 amide bonds. The molecular weight excluding hydrogens is 254 g/mol. The Morgan fingerprint density at radius 1 is 1.28 bits per heavy atom. The standard InChI is InChI=1S/C12H25NO4S/c1-12(2,3)9-18(14,15)13-7-11(17-5)6-10(13)8-16-4/h10-11H,6-9H2,1-5H3/t10-,11-/m0/s1. The number of nitrogens with zero attached hydrogens (tertiary/aromatic N) is 1. The van der Waals surface area contributed by atoms with Crippen LogP contribution in [0.25, 0.3) is 0 Å². The number of hydrogen-bond donors (Lipinski definition) is 0. The van der Waals surface area contributed by atoms with Crippen LogP contribution in [0.5, 0.6) is 0 Å². The Bertz CT molecular complexity index is 361. The van der Waals surface area contributed by atoms with E-state index in [1.807, 2.05) is 20.8 Å². The van der Waals surface area contributed by atoms with E-state index in [2.05, 4.69) is 0 Å². The van der Waals surface area contributed by atoms with Crippen LogP contribution in [-0.2, 0) is 19.5 Å². The van der Waals surface area contributed by atoms with Crippen LogP contribution in [0.2, 0.25) is 0 Å². The number of ether oxygens (including phenoxy) is 2. The lowest BCUT2D eigenvalue weighted by molar-refractivity contribution is 0.110. The van der Waals surface area contributed by atoms with Gasteiger partial charge in [0.25, 0.3) is 0 Å². The summed E-state index contributed by atoms with van der Waals surface area (Å²) in [7, 11) is -0.0473. The van der Waals surface area contributed by atoms with Gasteiger partial charge in [0.1, 0.15) is 0 Å². The molecule has 0 saturated carbocycles. The van der Waals surface area contributed by atoms with Gasteiger partial charge in [-0.3, -0.25) is 0 Å². The molecule has 1 heterocycles. The Balaban J connectivity index is 2.84. The highest BCUT2D eigenvalue weighted by molar-refractivity contribution is 7.89. The maximum Gasteiger partial charge on any atom is 0.215 e. The lowest BCUT2D eigenvalue weighted by Crippen LogP contribution is -2.42. The second-order valence-corrected chi connectivity index (χ2v) is 8.01. The van der Waals surface area contributed by atoms with Gasteiger partial charge in [0.15, 0.2) is 0 Å². The summed E-state index contributed by atoms with van der Waals surface area (Å²) in [6, 6.07) is -0.104. The van der Waals surface area contributed by atoms with Gasteiger partial charge in [-0.05, 0) is 11.8 Å². The molecule has 0 aromatic rings. The first kappa shape index (κ1) is 15.9. The molecule has 0 aromatic heterocycles. The zero-order chi connectivity index (χ0) is 14.0.